The summed E-state index contributed by atoms with van der Waals surface area (Å²) in [7, 11) is 0. The number of hydrogen-bond acceptors (Lipinski definition) is 4. The fourth-order valence-electron chi connectivity index (χ4n) is 1.57. The Hall–Kier alpha value is -1.25. The van der Waals surface area contributed by atoms with Gasteiger partial charge in [-0.25, -0.2) is 4.99 Å². The summed E-state index contributed by atoms with van der Waals surface area (Å²) in [6.45, 7) is 6.17. The summed E-state index contributed by atoms with van der Waals surface area (Å²) in [6.07, 6.45) is 2.76. The highest BCUT2D eigenvalue weighted by atomic mass is 127. The van der Waals surface area contributed by atoms with Crippen molar-refractivity contribution in [1.29, 1.82) is 0 Å². The van der Waals surface area contributed by atoms with Gasteiger partial charge in [0.25, 0.3) is 0 Å². The van der Waals surface area contributed by atoms with Crippen LogP contribution >= 0.6 is 24.0 Å². The molecule has 1 rings (SSSR count). The molecule has 0 saturated heterocycles. The Kier molecular flexibility index (Phi) is 11.7. The van der Waals surface area contributed by atoms with Gasteiger partial charge in [0.2, 0.25) is 0 Å². The molecule has 0 amide bonds. The minimum atomic E-state index is -0.160. The highest BCUT2D eigenvalue weighted by molar-refractivity contribution is 14.0. The lowest BCUT2D eigenvalue weighted by atomic mass is 10.3. The fraction of sp³-hybridized carbons (Fsp3) is 0.571. The topological polar surface area (TPSA) is 75.9 Å². The number of furan rings is 1. The lowest BCUT2D eigenvalue weighted by Crippen LogP contribution is -2.37. The van der Waals surface area contributed by atoms with E-state index in [2.05, 4.69) is 15.6 Å². The Balaban J connectivity index is 0.00000400. The standard InChI is InChI=1S/C14H23N3O3.HI/c1-3-15-14(17-11-12-7-6-10-20-12)16-9-5-8-13(18)19-4-2;/h6-7,10H,3-5,8-9,11H2,1-2H3,(H2,15,16,17);1H. The summed E-state index contributed by atoms with van der Waals surface area (Å²) in [5.41, 5.74) is 0. The normalized spacial score (nSPS) is 10.7. The first-order valence-electron chi connectivity index (χ1n) is 6.96. The first-order valence-corrected chi connectivity index (χ1v) is 6.96. The van der Waals surface area contributed by atoms with Crippen LogP contribution in [0.25, 0.3) is 0 Å². The van der Waals surface area contributed by atoms with E-state index in [9.17, 15) is 4.79 Å². The molecule has 0 bridgehead atoms. The van der Waals surface area contributed by atoms with Gasteiger partial charge in [0, 0.05) is 19.5 Å². The molecule has 0 atom stereocenters. The molecule has 0 spiro atoms. The van der Waals surface area contributed by atoms with Crippen LogP contribution in [0, 0.1) is 0 Å². The summed E-state index contributed by atoms with van der Waals surface area (Å²) in [5, 5.41) is 6.31. The zero-order valence-electron chi connectivity index (χ0n) is 12.6. The van der Waals surface area contributed by atoms with Crippen LogP contribution in [-0.2, 0) is 16.1 Å². The monoisotopic (exact) mass is 409 g/mol. The Morgan fingerprint density at radius 1 is 1.38 bits per heavy atom. The van der Waals surface area contributed by atoms with Crippen LogP contribution in [0.15, 0.2) is 27.8 Å². The Bertz CT molecular complexity index is 408. The largest absolute Gasteiger partial charge is 0.467 e. The highest BCUT2D eigenvalue weighted by Gasteiger charge is 2.02. The van der Waals surface area contributed by atoms with Crippen molar-refractivity contribution >= 4 is 35.9 Å². The van der Waals surface area contributed by atoms with Gasteiger partial charge in [0.1, 0.15) is 12.3 Å². The number of carbonyl (C=O) groups is 1. The maximum atomic E-state index is 11.2. The molecular weight excluding hydrogens is 385 g/mol. The summed E-state index contributed by atoms with van der Waals surface area (Å²) in [5.74, 6) is 1.37. The smallest absolute Gasteiger partial charge is 0.305 e. The molecule has 0 aliphatic rings. The van der Waals surface area contributed by atoms with E-state index in [1.54, 1.807) is 13.2 Å². The molecule has 0 saturated carbocycles. The molecule has 21 heavy (non-hydrogen) atoms. The van der Waals surface area contributed by atoms with Crippen molar-refractivity contribution in [3.8, 4) is 0 Å². The summed E-state index contributed by atoms with van der Waals surface area (Å²) < 4.78 is 10.1. The van der Waals surface area contributed by atoms with Gasteiger partial charge in [0.05, 0.1) is 12.9 Å². The summed E-state index contributed by atoms with van der Waals surface area (Å²) in [4.78, 5) is 15.6. The fourth-order valence-corrected chi connectivity index (χ4v) is 1.57. The second-order valence-electron chi connectivity index (χ2n) is 4.11. The van der Waals surface area contributed by atoms with Crippen LogP contribution in [0.4, 0.5) is 0 Å². The minimum absolute atomic E-state index is 0. The molecule has 0 fully saturated rings. The molecule has 0 aromatic carbocycles. The van der Waals surface area contributed by atoms with Crippen LogP contribution in [0.2, 0.25) is 0 Å². The van der Waals surface area contributed by atoms with Gasteiger partial charge in [-0.15, -0.1) is 24.0 Å². The van der Waals surface area contributed by atoms with Crippen LogP contribution in [0.3, 0.4) is 0 Å². The third-order valence-electron chi connectivity index (χ3n) is 2.47. The van der Waals surface area contributed by atoms with Gasteiger partial charge in [-0.2, -0.15) is 0 Å². The third kappa shape index (κ3) is 9.33. The molecule has 2 N–H and O–H groups in total. The Labute approximate surface area is 142 Å². The summed E-state index contributed by atoms with van der Waals surface area (Å²) >= 11 is 0. The van der Waals surface area contributed by atoms with Crippen molar-refractivity contribution in [1.82, 2.24) is 10.6 Å². The molecular formula is C14H24IN3O3. The number of aliphatic imine (C=N–C) groups is 1. The number of halogens is 1. The molecule has 0 radical (unpaired) electrons. The van der Waals surface area contributed by atoms with Crippen LogP contribution in [-0.4, -0.2) is 31.6 Å². The van der Waals surface area contributed by atoms with E-state index in [0.717, 1.165) is 12.3 Å². The van der Waals surface area contributed by atoms with Gasteiger partial charge in [-0.3, -0.25) is 4.79 Å². The van der Waals surface area contributed by atoms with Crippen molar-refractivity contribution < 1.29 is 13.9 Å². The van der Waals surface area contributed by atoms with Crippen molar-refractivity contribution in [2.75, 3.05) is 19.7 Å². The van der Waals surface area contributed by atoms with E-state index in [1.165, 1.54) is 0 Å². The van der Waals surface area contributed by atoms with Gasteiger partial charge < -0.3 is 19.8 Å². The zero-order valence-corrected chi connectivity index (χ0v) is 14.9. The van der Waals surface area contributed by atoms with Crippen LogP contribution < -0.4 is 10.6 Å². The van der Waals surface area contributed by atoms with Crippen molar-refractivity contribution in [3.05, 3.63) is 24.2 Å². The molecule has 1 heterocycles. The molecule has 7 heteroatoms. The maximum Gasteiger partial charge on any atom is 0.305 e. The number of rotatable bonds is 8. The second-order valence-corrected chi connectivity index (χ2v) is 4.11. The highest BCUT2D eigenvalue weighted by Crippen LogP contribution is 2.01. The third-order valence-corrected chi connectivity index (χ3v) is 2.47. The first kappa shape index (κ1) is 19.8. The average molecular weight is 409 g/mol. The second kappa shape index (κ2) is 12.5. The number of nitrogens with one attached hydrogen (secondary N) is 2. The SMILES string of the molecule is CCNC(=NCc1ccco1)NCCCC(=O)OCC.I. The first-order chi connectivity index (χ1) is 9.76. The number of ether oxygens (including phenoxy) is 1. The van der Waals surface area contributed by atoms with Crippen molar-refractivity contribution in [2.45, 2.75) is 33.2 Å². The zero-order chi connectivity index (χ0) is 14.6. The summed E-state index contributed by atoms with van der Waals surface area (Å²) in [6, 6.07) is 3.72. The Morgan fingerprint density at radius 2 is 2.19 bits per heavy atom. The van der Waals surface area contributed by atoms with E-state index in [0.29, 0.717) is 38.5 Å². The minimum Gasteiger partial charge on any atom is -0.467 e. The lowest BCUT2D eigenvalue weighted by Gasteiger charge is -2.10. The van der Waals surface area contributed by atoms with Gasteiger partial charge in [-0.1, -0.05) is 0 Å². The van der Waals surface area contributed by atoms with E-state index in [4.69, 9.17) is 9.15 Å². The van der Waals surface area contributed by atoms with Gasteiger partial charge in [-0.05, 0) is 32.4 Å². The predicted octanol–water partition coefficient (Wildman–Crippen LogP) is 2.30. The molecule has 120 valence electrons. The van der Waals surface area contributed by atoms with Crippen molar-refractivity contribution in [2.24, 2.45) is 4.99 Å². The molecule has 1 aromatic rings. The van der Waals surface area contributed by atoms with E-state index in [1.807, 2.05) is 19.1 Å². The molecule has 0 unspecified atom stereocenters. The van der Waals surface area contributed by atoms with Gasteiger partial charge >= 0.3 is 5.97 Å². The molecule has 0 aliphatic heterocycles. The van der Waals surface area contributed by atoms with Crippen LogP contribution in [0.1, 0.15) is 32.4 Å². The van der Waals surface area contributed by atoms with E-state index in [-0.39, 0.29) is 29.9 Å². The quantitative estimate of drug-likeness (QED) is 0.227. The lowest BCUT2D eigenvalue weighted by molar-refractivity contribution is -0.143. The maximum absolute atomic E-state index is 11.2. The number of carbonyl (C=O) groups excluding carboxylic acids is 1. The van der Waals surface area contributed by atoms with E-state index >= 15 is 0 Å². The van der Waals surface area contributed by atoms with Crippen molar-refractivity contribution in [3.63, 3.8) is 0 Å². The van der Waals surface area contributed by atoms with E-state index < -0.39 is 0 Å². The molecule has 0 aliphatic carbocycles. The number of esters is 1. The average Bonchev–Trinajstić information content (AvgIpc) is 2.94. The Morgan fingerprint density at radius 3 is 2.81 bits per heavy atom. The number of hydrogen-bond donors (Lipinski definition) is 2. The van der Waals surface area contributed by atoms with Crippen LogP contribution in [0.5, 0.6) is 0 Å². The van der Waals surface area contributed by atoms with Gasteiger partial charge in [0.15, 0.2) is 5.96 Å². The molecule has 1 aromatic heterocycles. The number of nitrogens with zero attached hydrogens (tertiary/aromatic N) is 1. The predicted molar refractivity (Wildman–Crippen MR) is 92.8 cm³/mol. The molecule has 6 nitrogen and oxygen atoms in total. The number of guanidine groups is 1.